The molecule has 1 fully saturated rings. The van der Waals surface area contributed by atoms with Gasteiger partial charge in [-0.25, -0.2) is 0 Å². The largest absolute Gasteiger partial charge is 0.344 e. The van der Waals surface area contributed by atoms with Crippen LogP contribution in [0.15, 0.2) is 4.52 Å². The topological polar surface area (TPSA) is 80.0 Å². The van der Waals surface area contributed by atoms with Crippen molar-refractivity contribution in [2.45, 2.75) is 13.0 Å². The van der Waals surface area contributed by atoms with Crippen molar-refractivity contribution in [2.75, 3.05) is 13.1 Å². The number of nitrogens with one attached hydrogen (secondary N) is 2. The quantitative estimate of drug-likeness (QED) is 0.618. The standard InChI is InChI=1S/C7H10N4O2/c1-4-9-6(11-13-4)7(12)10-5-2-8-3-5/h5,8H,2-3H2,1H3,(H,10,12). The van der Waals surface area contributed by atoms with Crippen molar-refractivity contribution in [1.82, 2.24) is 20.8 Å². The Bertz CT molecular complexity index is 318. The molecule has 0 spiro atoms. The van der Waals surface area contributed by atoms with E-state index in [1.54, 1.807) is 6.92 Å². The smallest absolute Gasteiger partial charge is 0.292 e. The minimum Gasteiger partial charge on any atom is -0.344 e. The molecule has 13 heavy (non-hydrogen) atoms. The predicted octanol–water partition coefficient (Wildman–Crippen LogP) is -0.920. The van der Waals surface area contributed by atoms with Crippen LogP contribution in [0.3, 0.4) is 0 Å². The van der Waals surface area contributed by atoms with Crippen molar-refractivity contribution >= 4 is 5.91 Å². The van der Waals surface area contributed by atoms with Gasteiger partial charge in [0.25, 0.3) is 11.7 Å². The highest BCUT2D eigenvalue weighted by atomic mass is 16.5. The number of hydrogen-bond donors (Lipinski definition) is 2. The SMILES string of the molecule is Cc1nc(C(=O)NC2CNC2)no1. The number of carbonyl (C=O) groups excluding carboxylic acids is 1. The third kappa shape index (κ3) is 1.67. The highest BCUT2D eigenvalue weighted by Crippen LogP contribution is 1.97. The van der Waals surface area contributed by atoms with Crippen LogP contribution in [0.1, 0.15) is 16.5 Å². The number of hydrogen-bond acceptors (Lipinski definition) is 5. The van der Waals surface area contributed by atoms with Crippen LogP contribution < -0.4 is 10.6 Å². The molecule has 0 radical (unpaired) electrons. The second-order valence-corrected chi connectivity index (χ2v) is 2.97. The molecule has 1 saturated heterocycles. The normalized spacial score (nSPS) is 16.7. The summed E-state index contributed by atoms with van der Waals surface area (Å²) in [5.74, 6) is 0.227. The molecular weight excluding hydrogens is 172 g/mol. The summed E-state index contributed by atoms with van der Waals surface area (Å²) in [5.41, 5.74) is 0. The molecule has 70 valence electrons. The maximum absolute atomic E-state index is 11.3. The maximum Gasteiger partial charge on any atom is 0.292 e. The lowest BCUT2D eigenvalue weighted by Crippen LogP contribution is -2.57. The third-order valence-electron chi connectivity index (χ3n) is 1.85. The van der Waals surface area contributed by atoms with E-state index in [1.807, 2.05) is 0 Å². The average molecular weight is 182 g/mol. The Morgan fingerprint density at radius 1 is 1.69 bits per heavy atom. The summed E-state index contributed by atoms with van der Waals surface area (Å²) >= 11 is 0. The van der Waals surface area contributed by atoms with Gasteiger partial charge in [0.05, 0.1) is 6.04 Å². The van der Waals surface area contributed by atoms with Crippen molar-refractivity contribution < 1.29 is 9.32 Å². The van der Waals surface area contributed by atoms with Crippen molar-refractivity contribution in [3.05, 3.63) is 11.7 Å². The van der Waals surface area contributed by atoms with Crippen molar-refractivity contribution in [2.24, 2.45) is 0 Å². The van der Waals surface area contributed by atoms with Gasteiger partial charge in [0.1, 0.15) is 0 Å². The van der Waals surface area contributed by atoms with Gasteiger partial charge in [-0.1, -0.05) is 5.16 Å². The van der Waals surface area contributed by atoms with Crippen LogP contribution in [0.5, 0.6) is 0 Å². The molecule has 2 heterocycles. The molecule has 1 aromatic rings. The van der Waals surface area contributed by atoms with Crippen LogP contribution in [0.25, 0.3) is 0 Å². The molecule has 6 nitrogen and oxygen atoms in total. The molecule has 6 heteroatoms. The summed E-state index contributed by atoms with van der Waals surface area (Å²) in [7, 11) is 0. The van der Waals surface area contributed by atoms with Crippen LogP contribution in [0.2, 0.25) is 0 Å². The minimum absolute atomic E-state index is 0.101. The van der Waals surface area contributed by atoms with Crippen LogP contribution in [0.4, 0.5) is 0 Å². The first-order chi connectivity index (χ1) is 6.25. The van der Waals surface area contributed by atoms with Gasteiger partial charge in [-0.15, -0.1) is 0 Å². The number of nitrogens with zero attached hydrogens (tertiary/aromatic N) is 2. The summed E-state index contributed by atoms with van der Waals surface area (Å²) < 4.78 is 4.68. The van der Waals surface area contributed by atoms with Crippen molar-refractivity contribution in [3.8, 4) is 0 Å². The molecule has 0 aromatic carbocycles. The van der Waals surface area contributed by atoms with E-state index in [0.717, 1.165) is 13.1 Å². The highest BCUT2D eigenvalue weighted by molar-refractivity contribution is 5.90. The fourth-order valence-electron chi connectivity index (χ4n) is 1.03. The molecule has 0 bridgehead atoms. The van der Waals surface area contributed by atoms with E-state index in [9.17, 15) is 4.79 Å². The number of rotatable bonds is 2. The van der Waals surface area contributed by atoms with Crippen molar-refractivity contribution in [3.63, 3.8) is 0 Å². The van der Waals surface area contributed by atoms with E-state index in [4.69, 9.17) is 0 Å². The molecule has 0 unspecified atom stereocenters. The Hall–Kier alpha value is -1.43. The fraction of sp³-hybridized carbons (Fsp3) is 0.571. The summed E-state index contributed by atoms with van der Waals surface area (Å²) in [6.45, 7) is 3.26. The lowest BCUT2D eigenvalue weighted by Gasteiger charge is -2.27. The summed E-state index contributed by atoms with van der Waals surface area (Å²) in [6, 6.07) is 0.200. The number of carbonyl (C=O) groups is 1. The van der Waals surface area contributed by atoms with Crippen LogP contribution in [0, 0.1) is 6.92 Å². The van der Waals surface area contributed by atoms with Gasteiger partial charge < -0.3 is 15.2 Å². The molecule has 1 amide bonds. The van der Waals surface area contributed by atoms with E-state index < -0.39 is 0 Å². The second kappa shape index (κ2) is 3.14. The van der Waals surface area contributed by atoms with Crippen LogP contribution >= 0.6 is 0 Å². The van der Waals surface area contributed by atoms with E-state index in [0.29, 0.717) is 5.89 Å². The Morgan fingerprint density at radius 3 is 2.92 bits per heavy atom. The Balaban J connectivity index is 1.96. The number of aromatic nitrogens is 2. The zero-order valence-corrected chi connectivity index (χ0v) is 7.20. The van der Waals surface area contributed by atoms with Gasteiger partial charge in [-0.05, 0) is 0 Å². The molecule has 0 saturated carbocycles. The molecule has 0 aliphatic carbocycles. The monoisotopic (exact) mass is 182 g/mol. The van der Waals surface area contributed by atoms with Gasteiger partial charge in [-0.2, -0.15) is 4.98 Å². The number of amides is 1. The molecular formula is C7H10N4O2. The Morgan fingerprint density at radius 2 is 2.46 bits per heavy atom. The molecule has 1 aliphatic rings. The zero-order chi connectivity index (χ0) is 9.26. The Labute approximate surface area is 74.7 Å². The highest BCUT2D eigenvalue weighted by Gasteiger charge is 2.21. The fourth-order valence-corrected chi connectivity index (χ4v) is 1.03. The first-order valence-corrected chi connectivity index (χ1v) is 4.07. The predicted molar refractivity (Wildman–Crippen MR) is 43.2 cm³/mol. The maximum atomic E-state index is 11.3. The first kappa shape index (κ1) is 8.18. The molecule has 0 atom stereocenters. The third-order valence-corrected chi connectivity index (χ3v) is 1.85. The summed E-state index contributed by atoms with van der Waals surface area (Å²) in [4.78, 5) is 15.1. The van der Waals surface area contributed by atoms with E-state index >= 15 is 0 Å². The molecule has 2 N–H and O–H groups in total. The van der Waals surface area contributed by atoms with E-state index in [1.165, 1.54) is 0 Å². The second-order valence-electron chi connectivity index (χ2n) is 2.97. The van der Waals surface area contributed by atoms with Crippen LogP contribution in [-0.4, -0.2) is 35.2 Å². The van der Waals surface area contributed by atoms with Crippen LogP contribution in [-0.2, 0) is 0 Å². The lowest BCUT2D eigenvalue weighted by molar-refractivity contribution is 0.0910. The number of aryl methyl sites for hydroxylation is 1. The van der Waals surface area contributed by atoms with E-state index in [-0.39, 0.29) is 17.8 Å². The van der Waals surface area contributed by atoms with Gasteiger partial charge in [-0.3, -0.25) is 4.79 Å². The molecule has 1 aromatic heterocycles. The van der Waals surface area contributed by atoms with Gasteiger partial charge in [0.2, 0.25) is 5.89 Å². The molecule has 1 aliphatic heterocycles. The lowest BCUT2D eigenvalue weighted by atomic mass is 10.2. The van der Waals surface area contributed by atoms with Gasteiger partial charge >= 0.3 is 0 Å². The first-order valence-electron chi connectivity index (χ1n) is 4.07. The average Bonchev–Trinajstić information content (AvgIpc) is 2.44. The van der Waals surface area contributed by atoms with Crippen molar-refractivity contribution in [1.29, 1.82) is 0 Å². The minimum atomic E-state index is -0.275. The van der Waals surface area contributed by atoms with Gasteiger partial charge in [0, 0.05) is 20.0 Å². The summed E-state index contributed by atoms with van der Waals surface area (Å²) in [6.07, 6.45) is 0. The summed E-state index contributed by atoms with van der Waals surface area (Å²) in [5, 5.41) is 9.31. The molecule has 2 rings (SSSR count). The Kier molecular flexibility index (Phi) is 1.97. The zero-order valence-electron chi connectivity index (χ0n) is 7.20. The van der Waals surface area contributed by atoms with Gasteiger partial charge in [0.15, 0.2) is 0 Å². The van der Waals surface area contributed by atoms with E-state index in [2.05, 4.69) is 25.3 Å².